The predicted molar refractivity (Wildman–Crippen MR) is 115 cm³/mol. The van der Waals surface area contributed by atoms with E-state index in [1.54, 1.807) is 53.3 Å². The summed E-state index contributed by atoms with van der Waals surface area (Å²) < 4.78 is 1.62. The van der Waals surface area contributed by atoms with Gasteiger partial charge in [0.15, 0.2) is 11.5 Å². The summed E-state index contributed by atoms with van der Waals surface area (Å²) in [6.45, 7) is 0. The second kappa shape index (κ2) is 12.0. The fourth-order valence-electron chi connectivity index (χ4n) is 2.55. The number of rotatable bonds is 4. The number of para-hydroxylation sites is 1. The van der Waals surface area contributed by atoms with Crippen molar-refractivity contribution in [2.24, 2.45) is 0 Å². The standard InChI is InChI=1S/C15H12O2.C10H6N3.Ir/c16-14(12-7-3-1-4-8-12)11-15(17)13-9-5-2-6-10-13;11-8-9-6-7-13(12-9)10-4-2-1-3-5-10;/h1-11,16H;1-4,6-7H;/q;-1;/b14-11-;;. The molecule has 0 aliphatic rings. The molecule has 4 rings (SSSR count). The van der Waals surface area contributed by atoms with E-state index in [0.29, 0.717) is 16.8 Å². The van der Waals surface area contributed by atoms with E-state index in [1.807, 2.05) is 54.6 Å². The van der Waals surface area contributed by atoms with Gasteiger partial charge in [0.25, 0.3) is 0 Å². The molecule has 3 aromatic carbocycles. The number of nitriles is 1. The number of carbonyl (C=O) groups is 1. The molecule has 5 nitrogen and oxygen atoms in total. The molecule has 0 spiro atoms. The molecule has 1 radical (unpaired) electrons. The van der Waals surface area contributed by atoms with E-state index in [0.717, 1.165) is 5.69 Å². The van der Waals surface area contributed by atoms with Gasteiger partial charge in [-0.05, 0) is 11.8 Å². The Kier molecular flexibility index (Phi) is 9.12. The fourth-order valence-corrected chi connectivity index (χ4v) is 2.55. The molecule has 31 heavy (non-hydrogen) atoms. The van der Waals surface area contributed by atoms with Gasteiger partial charge in [0, 0.05) is 43.5 Å². The normalized spacial score (nSPS) is 10.1. The molecule has 1 N–H and O–H groups in total. The van der Waals surface area contributed by atoms with E-state index in [2.05, 4.69) is 11.2 Å². The SMILES string of the molecule is N#Cc1ccn(-c2[c-]cccc2)n1.O=C(/C=C(\O)c1ccccc1)c1ccccc1.[Ir]. The van der Waals surface area contributed by atoms with Crippen LogP contribution < -0.4 is 0 Å². The molecule has 1 heterocycles. The molecule has 0 atom stereocenters. The summed E-state index contributed by atoms with van der Waals surface area (Å²) in [5, 5.41) is 22.4. The number of ketones is 1. The maximum atomic E-state index is 11.8. The number of aliphatic hydroxyl groups excluding tert-OH is 1. The van der Waals surface area contributed by atoms with Crippen molar-refractivity contribution in [3.8, 4) is 11.8 Å². The third-order valence-electron chi connectivity index (χ3n) is 4.04. The number of aromatic nitrogens is 2. The van der Waals surface area contributed by atoms with Gasteiger partial charge in [0.05, 0.1) is 0 Å². The maximum absolute atomic E-state index is 11.8. The summed E-state index contributed by atoms with van der Waals surface area (Å²) >= 11 is 0. The summed E-state index contributed by atoms with van der Waals surface area (Å²) in [5.41, 5.74) is 2.45. The van der Waals surface area contributed by atoms with Gasteiger partial charge < -0.3 is 5.11 Å². The molecule has 0 amide bonds. The molecule has 155 valence electrons. The number of benzene rings is 3. The number of hydrogen-bond acceptors (Lipinski definition) is 4. The average Bonchev–Trinajstić information content (AvgIpc) is 3.31. The minimum atomic E-state index is -0.202. The zero-order valence-corrected chi connectivity index (χ0v) is 18.7. The van der Waals surface area contributed by atoms with Crippen LogP contribution in [0.15, 0.2) is 103 Å². The molecule has 0 unspecified atom stereocenters. The molecule has 0 bridgehead atoms. The van der Waals surface area contributed by atoms with Crippen LogP contribution in [0.2, 0.25) is 0 Å². The van der Waals surface area contributed by atoms with Crippen LogP contribution in [0.5, 0.6) is 0 Å². The third-order valence-corrected chi connectivity index (χ3v) is 4.04. The van der Waals surface area contributed by atoms with Crippen LogP contribution in [0.3, 0.4) is 0 Å². The Morgan fingerprint density at radius 1 is 0.935 bits per heavy atom. The van der Waals surface area contributed by atoms with E-state index >= 15 is 0 Å². The number of allylic oxidation sites excluding steroid dienone is 1. The van der Waals surface area contributed by atoms with Gasteiger partial charge >= 0.3 is 0 Å². The Morgan fingerprint density at radius 3 is 2.10 bits per heavy atom. The van der Waals surface area contributed by atoms with E-state index in [1.165, 1.54) is 6.08 Å². The van der Waals surface area contributed by atoms with Gasteiger partial charge in [-0.15, -0.1) is 6.07 Å². The zero-order valence-electron chi connectivity index (χ0n) is 16.3. The molecule has 4 aromatic rings. The molecule has 0 saturated carbocycles. The second-order valence-electron chi connectivity index (χ2n) is 6.13. The summed E-state index contributed by atoms with van der Waals surface area (Å²) in [6, 6.07) is 32.0. The molecule has 1 aromatic heterocycles. The number of hydrogen-bond donors (Lipinski definition) is 1. The van der Waals surface area contributed by atoms with E-state index in [9.17, 15) is 9.90 Å². The first-order valence-corrected chi connectivity index (χ1v) is 9.15. The van der Waals surface area contributed by atoms with Crippen molar-refractivity contribution in [3.63, 3.8) is 0 Å². The van der Waals surface area contributed by atoms with Crippen LogP contribution in [0, 0.1) is 17.4 Å². The first-order valence-electron chi connectivity index (χ1n) is 9.15. The van der Waals surface area contributed by atoms with Crippen molar-refractivity contribution in [1.29, 1.82) is 5.26 Å². The largest absolute Gasteiger partial charge is 0.507 e. The first kappa shape index (κ1) is 23.5. The van der Waals surface area contributed by atoms with Gasteiger partial charge in [-0.3, -0.25) is 9.48 Å². The Morgan fingerprint density at radius 2 is 1.55 bits per heavy atom. The summed E-state index contributed by atoms with van der Waals surface area (Å²) in [4.78, 5) is 11.8. The van der Waals surface area contributed by atoms with Crippen molar-refractivity contribution >= 4 is 11.5 Å². The van der Waals surface area contributed by atoms with Crippen LogP contribution >= 0.6 is 0 Å². The monoisotopic (exact) mass is 585 g/mol. The predicted octanol–water partition coefficient (Wildman–Crippen LogP) is 5.01. The quantitative estimate of drug-likeness (QED) is 0.158. The molecular weight excluding hydrogens is 567 g/mol. The molecule has 0 aliphatic carbocycles. The first-order chi connectivity index (χ1) is 14.7. The number of nitrogens with zero attached hydrogens (tertiary/aromatic N) is 3. The Balaban J connectivity index is 0.000000220. The van der Waals surface area contributed by atoms with Crippen molar-refractivity contribution in [1.82, 2.24) is 9.78 Å². The van der Waals surface area contributed by atoms with E-state index in [-0.39, 0.29) is 31.6 Å². The smallest absolute Gasteiger partial charge is 0.189 e. The number of aliphatic hydroxyl groups is 1. The van der Waals surface area contributed by atoms with Gasteiger partial charge in [-0.2, -0.15) is 34.6 Å². The Labute approximate surface area is 194 Å². The minimum Gasteiger partial charge on any atom is -0.507 e. The van der Waals surface area contributed by atoms with Crippen LogP contribution in [-0.2, 0) is 20.1 Å². The third kappa shape index (κ3) is 6.90. The van der Waals surface area contributed by atoms with Crippen LogP contribution in [0.25, 0.3) is 11.4 Å². The van der Waals surface area contributed by atoms with Crippen LogP contribution in [-0.4, -0.2) is 20.7 Å². The van der Waals surface area contributed by atoms with Crippen molar-refractivity contribution in [2.45, 2.75) is 0 Å². The van der Waals surface area contributed by atoms with Gasteiger partial charge in [0.2, 0.25) is 0 Å². The Hall–Kier alpha value is -3.78. The van der Waals surface area contributed by atoms with Gasteiger partial charge in [-0.1, -0.05) is 60.7 Å². The number of carbonyl (C=O) groups excluding carboxylic acids is 1. The van der Waals surface area contributed by atoms with Gasteiger partial charge in [0.1, 0.15) is 11.8 Å². The second-order valence-corrected chi connectivity index (χ2v) is 6.13. The molecule has 0 fully saturated rings. The van der Waals surface area contributed by atoms with Crippen LogP contribution in [0.4, 0.5) is 0 Å². The molecule has 6 heteroatoms. The summed E-state index contributed by atoms with van der Waals surface area (Å²) in [5.74, 6) is -0.216. The van der Waals surface area contributed by atoms with Crippen LogP contribution in [0.1, 0.15) is 21.6 Å². The topological polar surface area (TPSA) is 78.9 Å². The van der Waals surface area contributed by atoms with Crippen molar-refractivity contribution < 1.29 is 30.0 Å². The molecular formula is C25H18IrN3O2-. The molecule has 0 saturated heterocycles. The summed E-state index contributed by atoms with van der Waals surface area (Å²) in [6.07, 6.45) is 2.98. The average molecular weight is 585 g/mol. The minimum absolute atomic E-state index is 0. The fraction of sp³-hybridized carbons (Fsp3) is 0. The maximum Gasteiger partial charge on any atom is 0.189 e. The van der Waals surface area contributed by atoms with Crippen molar-refractivity contribution in [3.05, 3.63) is 126 Å². The zero-order chi connectivity index (χ0) is 21.2. The van der Waals surface area contributed by atoms with E-state index < -0.39 is 0 Å². The van der Waals surface area contributed by atoms with Crippen molar-refractivity contribution in [2.75, 3.05) is 0 Å². The Bertz CT molecular complexity index is 1170. The van der Waals surface area contributed by atoms with E-state index in [4.69, 9.17) is 5.26 Å². The van der Waals surface area contributed by atoms with Gasteiger partial charge in [-0.25, -0.2) is 0 Å². The summed E-state index contributed by atoms with van der Waals surface area (Å²) in [7, 11) is 0. The molecule has 0 aliphatic heterocycles.